The minimum atomic E-state index is 0.0174. The zero-order chi connectivity index (χ0) is 15.4. The SMILES string of the molecule is COc1ccc(OC)c(N=Nc2cc(Br)cc(Br)c2O)c1. The standard InChI is InChI=1S/C14H12Br2N2O3/c1-20-9-3-4-13(21-2)11(7-9)17-18-12-6-8(15)5-10(16)14(12)19/h3-7,19H,1-2H3. The van der Waals surface area contributed by atoms with E-state index in [1.54, 1.807) is 44.6 Å². The Morgan fingerprint density at radius 2 is 1.67 bits per heavy atom. The van der Waals surface area contributed by atoms with E-state index in [9.17, 15) is 5.11 Å². The zero-order valence-electron chi connectivity index (χ0n) is 11.3. The van der Waals surface area contributed by atoms with E-state index in [-0.39, 0.29) is 5.75 Å². The summed E-state index contributed by atoms with van der Waals surface area (Å²) >= 11 is 6.58. The Kier molecular flexibility index (Phi) is 5.19. The first kappa shape index (κ1) is 15.8. The van der Waals surface area contributed by atoms with Crippen LogP contribution in [0, 0.1) is 0 Å². The van der Waals surface area contributed by atoms with Crippen molar-refractivity contribution in [3.63, 3.8) is 0 Å². The number of phenolic OH excluding ortho intramolecular Hbond substituents is 1. The van der Waals surface area contributed by atoms with E-state index in [4.69, 9.17) is 9.47 Å². The van der Waals surface area contributed by atoms with Crippen molar-refractivity contribution in [2.75, 3.05) is 14.2 Å². The minimum Gasteiger partial charge on any atom is -0.505 e. The van der Waals surface area contributed by atoms with E-state index in [0.29, 0.717) is 27.3 Å². The third kappa shape index (κ3) is 3.74. The van der Waals surface area contributed by atoms with E-state index in [1.807, 2.05) is 0 Å². The van der Waals surface area contributed by atoms with Gasteiger partial charge in [-0.15, -0.1) is 10.2 Å². The van der Waals surface area contributed by atoms with Gasteiger partial charge in [-0.1, -0.05) is 15.9 Å². The summed E-state index contributed by atoms with van der Waals surface area (Å²) in [6.07, 6.45) is 0. The topological polar surface area (TPSA) is 63.4 Å². The van der Waals surface area contributed by atoms with Gasteiger partial charge in [0, 0.05) is 10.5 Å². The maximum atomic E-state index is 9.95. The van der Waals surface area contributed by atoms with Crippen molar-refractivity contribution < 1.29 is 14.6 Å². The summed E-state index contributed by atoms with van der Waals surface area (Å²) in [5.74, 6) is 1.22. The van der Waals surface area contributed by atoms with Gasteiger partial charge in [-0.3, -0.25) is 0 Å². The number of hydrogen-bond acceptors (Lipinski definition) is 5. The van der Waals surface area contributed by atoms with Crippen molar-refractivity contribution in [1.82, 2.24) is 0 Å². The number of benzene rings is 2. The van der Waals surface area contributed by atoms with Gasteiger partial charge in [0.15, 0.2) is 5.75 Å². The number of phenols is 1. The Morgan fingerprint density at radius 3 is 2.33 bits per heavy atom. The molecule has 0 saturated carbocycles. The van der Waals surface area contributed by atoms with Crippen LogP contribution in [0.5, 0.6) is 17.2 Å². The molecular formula is C14H12Br2N2O3. The van der Waals surface area contributed by atoms with Gasteiger partial charge in [0.2, 0.25) is 0 Å². The van der Waals surface area contributed by atoms with Gasteiger partial charge < -0.3 is 14.6 Å². The van der Waals surface area contributed by atoms with Crippen LogP contribution in [0.15, 0.2) is 49.5 Å². The van der Waals surface area contributed by atoms with Crippen LogP contribution < -0.4 is 9.47 Å². The number of methoxy groups -OCH3 is 2. The van der Waals surface area contributed by atoms with Crippen molar-refractivity contribution in [3.8, 4) is 17.2 Å². The van der Waals surface area contributed by atoms with Crippen LogP contribution in [0.4, 0.5) is 11.4 Å². The molecule has 0 heterocycles. The fourth-order valence-electron chi connectivity index (χ4n) is 1.61. The number of ether oxygens (including phenoxy) is 2. The third-order valence-electron chi connectivity index (χ3n) is 2.66. The number of nitrogens with zero attached hydrogens (tertiary/aromatic N) is 2. The van der Waals surface area contributed by atoms with Crippen molar-refractivity contribution in [1.29, 1.82) is 0 Å². The van der Waals surface area contributed by atoms with E-state index < -0.39 is 0 Å². The molecule has 2 aromatic carbocycles. The predicted molar refractivity (Wildman–Crippen MR) is 87.2 cm³/mol. The molecule has 0 atom stereocenters. The molecule has 0 aliphatic rings. The van der Waals surface area contributed by atoms with Gasteiger partial charge in [-0.05, 0) is 40.2 Å². The second-order valence-corrected chi connectivity index (χ2v) is 5.76. The van der Waals surface area contributed by atoms with Crippen LogP contribution in [-0.4, -0.2) is 19.3 Å². The number of azo groups is 1. The third-order valence-corrected chi connectivity index (χ3v) is 3.72. The molecule has 0 spiro atoms. The molecule has 0 aromatic heterocycles. The highest BCUT2D eigenvalue weighted by Gasteiger charge is 2.08. The Morgan fingerprint density at radius 1 is 0.952 bits per heavy atom. The van der Waals surface area contributed by atoms with Crippen LogP contribution >= 0.6 is 31.9 Å². The smallest absolute Gasteiger partial charge is 0.157 e. The highest BCUT2D eigenvalue weighted by atomic mass is 79.9. The molecule has 0 aliphatic heterocycles. The lowest BCUT2D eigenvalue weighted by molar-refractivity contribution is 0.404. The molecule has 2 rings (SSSR count). The number of rotatable bonds is 4. The first-order chi connectivity index (χ1) is 10.0. The van der Waals surface area contributed by atoms with E-state index >= 15 is 0 Å². The molecule has 0 amide bonds. The highest BCUT2D eigenvalue weighted by molar-refractivity contribution is 9.11. The fourth-order valence-corrected chi connectivity index (χ4v) is 2.81. The van der Waals surface area contributed by atoms with Gasteiger partial charge in [0.05, 0.1) is 18.7 Å². The zero-order valence-corrected chi connectivity index (χ0v) is 14.5. The van der Waals surface area contributed by atoms with E-state index in [0.717, 1.165) is 4.47 Å². The quantitative estimate of drug-likeness (QED) is 0.684. The van der Waals surface area contributed by atoms with Crippen molar-refractivity contribution >= 4 is 43.2 Å². The molecule has 2 aromatic rings. The summed E-state index contributed by atoms with van der Waals surface area (Å²) in [6.45, 7) is 0. The highest BCUT2D eigenvalue weighted by Crippen LogP contribution is 2.39. The van der Waals surface area contributed by atoms with Crippen LogP contribution in [0.1, 0.15) is 0 Å². The summed E-state index contributed by atoms with van der Waals surface area (Å²) in [5.41, 5.74) is 0.841. The normalized spacial score (nSPS) is 10.9. The number of halogens is 2. The lowest BCUT2D eigenvalue weighted by Gasteiger charge is -2.06. The van der Waals surface area contributed by atoms with Crippen LogP contribution in [0.2, 0.25) is 0 Å². The minimum absolute atomic E-state index is 0.0174. The summed E-state index contributed by atoms with van der Waals surface area (Å²) in [4.78, 5) is 0. The summed E-state index contributed by atoms with van der Waals surface area (Å²) in [7, 11) is 3.12. The van der Waals surface area contributed by atoms with Gasteiger partial charge >= 0.3 is 0 Å². The molecule has 7 heteroatoms. The van der Waals surface area contributed by atoms with Gasteiger partial charge in [-0.2, -0.15) is 0 Å². The largest absolute Gasteiger partial charge is 0.505 e. The van der Waals surface area contributed by atoms with Gasteiger partial charge in [-0.25, -0.2) is 0 Å². The van der Waals surface area contributed by atoms with Crippen LogP contribution in [0.3, 0.4) is 0 Å². The fraction of sp³-hybridized carbons (Fsp3) is 0.143. The first-order valence-electron chi connectivity index (χ1n) is 5.87. The number of hydrogen-bond donors (Lipinski definition) is 1. The molecule has 21 heavy (non-hydrogen) atoms. The molecule has 0 unspecified atom stereocenters. The van der Waals surface area contributed by atoms with Gasteiger partial charge in [0.25, 0.3) is 0 Å². The molecule has 5 nitrogen and oxygen atoms in total. The van der Waals surface area contributed by atoms with Crippen LogP contribution in [-0.2, 0) is 0 Å². The number of aromatic hydroxyl groups is 1. The van der Waals surface area contributed by atoms with Crippen LogP contribution in [0.25, 0.3) is 0 Å². The van der Waals surface area contributed by atoms with Crippen molar-refractivity contribution in [2.24, 2.45) is 10.2 Å². The average molecular weight is 416 g/mol. The molecule has 1 N–H and O–H groups in total. The Bertz CT molecular complexity index is 690. The Labute approximate surface area is 138 Å². The summed E-state index contributed by atoms with van der Waals surface area (Å²) in [5, 5.41) is 18.1. The first-order valence-corrected chi connectivity index (χ1v) is 7.45. The average Bonchev–Trinajstić information content (AvgIpc) is 2.49. The lowest BCUT2D eigenvalue weighted by Crippen LogP contribution is -1.86. The second kappa shape index (κ2) is 6.91. The summed E-state index contributed by atoms with van der Waals surface area (Å²) in [6, 6.07) is 8.60. The molecule has 0 fully saturated rings. The Hall–Kier alpha value is -1.60. The maximum absolute atomic E-state index is 9.95. The molecule has 0 radical (unpaired) electrons. The van der Waals surface area contributed by atoms with Crippen molar-refractivity contribution in [3.05, 3.63) is 39.3 Å². The molecule has 0 aliphatic carbocycles. The van der Waals surface area contributed by atoms with Crippen molar-refractivity contribution in [2.45, 2.75) is 0 Å². The van der Waals surface area contributed by atoms with Gasteiger partial charge in [0.1, 0.15) is 22.9 Å². The molecular weight excluding hydrogens is 404 g/mol. The monoisotopic (exact) mass is 414 g/mol. The second-order valence-electron chi connectivity index (χ2n) is 3.99. The van der Waals surface area contributed by atoms with E-state index in [1.165, 1.54) is 0 Å². The summed E-state index contributed by atoms with van der Waals surface area (Å²) < 4.78 is 11.7. The molecule has 110 valence electrons. The Balaban J connectivity index is 2.41. The maximum Gasteiger partial charge on any atom is 0.157 e. The van der Waals surface area contributed by atoms with E-state index in [2.05, 4.69) is 42.1 Å². The lowest BCUT2D eigenvalue weighted by atomic mass is 10.3. The molecule has 0 saturated heterocycles. The molecule has 0 bridgehead atoms. The predicted octanol–water partition coefficient (Wildman–Crippen LogP) is 5.35.